The summed E-state index contributed by atoms with van der Waals surface area (Å²) in [5.74, 6) is -0.723. The van der Waals surface area contributed by atoms with Crippen LogP contribution in [0.1, 0.15) is 17.2 Å². The first-order valence-corrected chi connectivity index (χ1v) is 13.5. The van der Waals surface area contributed by atoms with Gasteiger partial charge in [-0.25, -0.2) is 0 Å². The number of aliphatic hydroxyl groups excluding tert-OH is 7. The molecular weight excluding hydrogens is 592 g/mol. The lowest BCUT2D eigenvalue weighted by Crippen LogP contribution is -2.61. The zero-order valence-corrected chi connectivity index (χ0v) is 23.2. The molecule has 11 atom stereocenters. The van der Waals surface area contributed by atoms with Crippen molar-refractivity contribution < 1.29 is 79.5 Å². The van der Waals surface area contributed by atoms with Crippen molar-refractivity contribution in [3.05, 3.63) is 47.2 Å². The van der Waals surface area contributed by atoms with Gasteiger partial charge in [-0.3, -0.25) is 0 Å². The van der Waals surface area contributed by atoms with Crippen molar-refractivity contribution in [1.82, 2.24) is 0 Å². The maximum Gasteiger partial charge on any atom is 0.228 e. The van der Waals surface area contributed by atoms with Gasteiger partial charge in [0, 0.05) is 17.7 Å². The second-order valence-corrected chi connectivity index (χ2v) is 10.5. The molecule has 2 saturated heterocycles. The standard InChI is InChI=1S/C28H34O16/c1-39-16-4-10(2-3-13(16)31)26-17(7-12-14(32)5-11(30)6-15(12)41-26)42-28-25(38)23(36)21(34)19(44-28)9-40-27-24(37)22(35)20(33)18(8-29)43-27/h2-7,18-38H,8-9H2,1H3. The number of aromatic hydroxyl groups is 3. The minimum absolute atomic E-state index is 0.0625. The first-order valence-electron chi connectivity index (χ1n) is 13.5. The van der Waals surface area contributed by atoms with Gasteiger partial charge in [-0.1, -0.05) is 6.07 Å². The summed E-state index contributed by atoms with van der Waals surface area (Å²) in [6, 6.07) is 6.59. The first kappa shape index (κ1) is 32.0. The van der Waals surface area contributed by atoms with Crippen LogP contribution < -0.4 is 9.47 Å². The lowest BCUT2D eigenvalue weighted by molar-refractivity contribution is -0.328. The Morgan fingerprint density at radius 1 is 0.750 bits per heavy atom. The van der Waals surface area contributed by atoms with Crippen LogP contribution in [-0.2, 0) is 18.9 Å². The molecule has 2 aromatic carbocycles. The highest BCUT2D eigenvalue weighted by atomic mass is 16.7. The molecule has 11 unspecified atom stereocenters. The van der Waals surface area contributed by atoms with Crippen molar-refractivity contribution in [2.45, 2.75) is 67.5 Å². The van der Waals surface area contributed by atoms with E-state index in [9.17, 15) is 51.1 Å². The summed E-state index contributed by atoms with van der Waals surface area (Å²) >= 11 is 0. The van der Waals surface area contributed by atoms with E-state index >= 15 is 0 Å². The Kier molecular flexibility index (Phi) is 9.38. The lowest BCUT2D eigenvalue weighted by atomic mass is 9.98. The van der Waals surface area contributed by atoms with E-state index in [0.717, 1.165) is 6.07 Å². The first-order chi connectivity index (χ1) is 20.9. The van der Waals surface area contributed by atoms with Crippen LogP contribution in [0.3, 0.4) is 0 Å². The van der Waals surface area contributed by atoms with E-state index in [1.165, 1.54) is 37.5 Å². The van der Waals surface area contributed by atoms with E-state index in [4.69, 9.17) is 28.4 Å². The van der Waals surface area contributed by atoms with E-state index in [1.54, 1.807) is 0 Å². The maximum absolute atomic E-state index is 10.7. The number of benzene rings is 2. The smallest absolute Gasteiger partial charge is 0.228 e. The van der Waals surface area contributed by atoms with Gasteiger partial charge in [0.25, 0.3) is 0 Å². The Hall–Kier alpha value is -3.42. The number of phenols is 3. The van der Waals surface area contributed by atoms with Crippen molar-refractivity contribution >= 4 is 6.08 Å². The average Bonchev–Trinajstić information content (AvgIpc) is 3.00. The van der Waals surface area contributed by atoms with Crippen LogP contribution in [0.4, 0.5) is 0 Å². The summed E-state index contributed by atoms with van der Waals surface area (Å²) in [6.07, 6.45) is -16.1. The molecule has 3 aliphatic rings. The molecule has 2 aromatic rings. The number of phenolic OH excluding ortho intramolecular Hbond substituents is 3. The minimum atomic E-state index is -1.83. The summed E-state index contributed by atoms with van der Waals surface area (Å²) in [4.78, 5) is 0. The van der Waals surface area contributed by atoms with Gasteiger partial charge in [-0.15, -0.1) is 0 Å². The van der Waals surface area contributed by atoms with Gasteiger partial charge in [-0.2, -0.15) is 0 Å². The van der Waals surface area contributed by atoms with Crippen LogP contribution in [0.15, 0.2) is 36.1 Å². The Morgan fingerprint density at radius 3 is 2.09 bits per heavy atom. The monoisotopic (exact) mass is 626 g/mol. The van der Waals surface area contributed by atoms with E-state index < -0.39 is 80.7 Å². The zero-order valence-electron chi connectivity index (χ0n) is 23.2. The Labute approximate surface area is 249 Å². The maximum atomic E-state index is 10.7. The van der Waals surface area contributed by atoms with E-state index in [-0.39, 0.29) is 40.1 Å². The molecule has 0 amide bonds. The molecule has 44 heavy (non-hydrogen) atoms. The van der Waals surface area contributed by atoms with E-state index in [2.05, 4.69) is 0 Å². The third-order valence-corrected chi connectivity index (χ3v) is 7.60. The van der Waals surface area contributed by atoms with Crippen LogP contribution in [-0.4, -0.2) is 133 Å². The normalized spacial score (nSPS) is 35.3. The van der Waals surface area contributed by atoms with Crippen LogP contribution in [0.5, 0.6) is 28.7 Å². The fraction of sp³-hybridized carbons (Fsp3) is 0.500. The number of methoxy groups -OCH3 is 1. The van der Waals surface area contributed by atoms with Crippen molar-refractivity contribution in [1.29, 1.82) is 0 Å². The molecule has 2 fully saturated rings. The second-order valence-electron chi connectivity index (χ2n) is 10.5. The second kappa shape index (κ2) is 12.9. The summed E-state index contributed by atoms with van der Waals surface area (Å²) in [7, 11) is 1.34. The number of ether oxygens (including phenoxy) is 6. The predicted molar refractivity (Wildman–Crippen MR) is 143 cm³/mol. The molecule has 0 spiro atoms. The third-order valence-electron chi connectivity index (χ3n) is 7.60. The lowest BCUT2D eigenvalue weighted by Gasteiger charge is -2.43. The SMILES string of the molecule is COc1cc(C2Oc3cc(O)cc(O)c3C=C2OC2OC(COC3OC(CO)C(O)C(O)C3O)C(O)C(O)C2O)ccc1O. The Balaban J connectivity index is 1.40. The summed E-state index contributed by atoms with van der Waals surface area (Å²) < 4.78 is 33.6. The van der Waals surface area contributed by atoms with Crippen LogP contribution in [0.25, 0.3) is 6.08 Å². The predicted octanol–water partition coefficient (Wildman–Crippen LogP) is -2.07. The van der Waals surface area contributed by atoms with Gasteiger partial charge >= 0.3 is 0 Å². The van der Waals surface area contributed by atoms with Gasteiger partial charge in [0.1, 0.15) is 71.8 Å². The van der Waals surface area contributed by atoms with E-state index in [1.807, 2.05) is 0 Å². The summed E-state index contributed by atoms with van der Waals surface area (Å²) in [5, 5.41) is 102. The molecule has 3 aliphatic heterocycles. The summed E-state index contributed by atoms with van der Waals surface area (Å²) in [5.41, 5.74) is 0.473. The van der Waals surface area contributed by atoms with Gasteiger partial charge in [0.05, 0.1) is 25.9 Å². The largest absolute Gasteiger partial charge is 0.508 e. The number of fused-ring (bicyclic) bond motifs is 1. The fourth-order valence-electron chi connectivity index (χ4n) is 5.11. The van der Waals surface area contributed by atoms with Crippen LogP contribution in [0.2, 0.25) is 0 Å². The van der Waals surface area contributed by atoms with Crippen molar-refractivity contribution in [2.24, 2.45) is 0 Å². The highest BCUT2D eigenvalue weighted by Crippen LogP contribution is 2.45. The molecule has 0 bridgehead atoms. The molecular formula is C28H34O16. The number of hydrogen-bond acceptors (Lipinski definition) is 16. The number of hydrogen-bond donors (Lipinski definition) is 10. The molecule has 16 heteroatoms. The average molecular weight is 627 g/mol. The van der Waals surface area contributed by atoms with Crippen LogP contribution in [0, 0.1) is 0 Å². The molecule has 0 saturated carbocycles. The Morgan fingerprint density at radius 2 is 1.41 bits per heavy atom. The van der Waals surface area contributed by atoms with Crippen molar-refractivity contribution in [3.8, 4) is 28.7 Å². The van der Waals surface area contributed by atoms with Crippen molar-refractivity contribution in [2.75, 3.05) is 20.3 Å². The molecule has 10 N–H and O–H groups in total. The van der Waals surface area contributed by atoms with Gasteiger partial charge in [0.15, 0.2) is 23.9 Å². The van der Waals surface area contributed by atoms with Gasteiger partial charge in [0.2, 0.25) is 6.29 Å². The fourth-order valence-corrected chi connectivity index (χ4v) is 5.11. The summed E-state index contributed by atoms with van der Waals surface area (Å²) in [6.45, 7) is -1.28. The third kappa shape index (κ3) is 6.09. The minimum Gasteiger partial charge on any atom is -0.508 e. The molecule has 0 radical (unpaired) electrons. The topological polar surface area (TPSA) is 258 Å². The quantitative estimate of drug-likeness (QED) is 0.151. The number of rotatable bonds is 8. The van der Waals surface area contributed by atoms with Gasteiger partial charge < -0.3 is 79.5 Å². The number of aliphatic hydroxyl groups is 7. The van der Waals surface area contributed by atoms with E-state index in [0.29, 0.717) is 5.56 Å². The molecule has 5 rings (SSSR count). The molecule has 16 nitrogen and oxygen atoms in total. The molecule has 0 aliphatic carbocycles. The van der Waals surface area contributed by atoms with Gasteiger partial charge in [-0.05, 0) is 18.2 Å². The van der Waals surface area contributed by atoms with Crippen molar-refractivity contribution in [3.63, 3.8) is 0 Å². The molecule has 0 aromatic heterocycles. The Bertz CT molecular complexity index is 1350. The van der Waals surface area contributed by atoms with Crippen LogP contribution >= 0.6 is 0 Å². The zero-order chi connectivity index (χ0) is 31.9. The molecule has 3 heterocycles. The molecule has 242 valence electrons. The highest BCUT2D eigenvalue weighted by molar-refractivity contribution is 5.69. The highest BCUT2D eigenvalue weighted by Gasteiger charge is 2.48.